The molecule has 2 aromatic carbocycles. The second-order valence-corrected chi connectivity index (χ2v) is 8.25. The van der Waals surface area contributed by atoms with E-state index in [1.54, 1.807) is 34.9 Å². The molecule has 0 saturated carbocycles. The number of thioether (sulfide) groups is 1. The highest BCUT2D eigenvalue weighted by molar-refractivity contribution is 7.98. The Bertz CT molecular complexity index is 1280. The van der Waals surface area contributed by atoms with Gasteiger partial charge in [0.15, 0.2) is 5.16 Å². The smallest absolute Gasteiger partial charge is 0.262 e. The first kappa shape index (κ1) is 22.4. The molecule has 0 radical (unpaired) electrons. The van der Waals surface area contributed by atoms with E-state index in [2.05, 4.69) is 15.1 Å². The number of rotatable bonds is 9. The number of hydrogen-bond acceptors (Lipinski definition) is 7. The van der Waals surface area contributed by atoms with Gasteiger partial charge in [0.25, 0.3) is 5.56 Å². The summed E-state index contributed by atoms with van der Waals surface area (Å²) in [7, 11) is 0. The highest BCUT2D eigenvalue weighted by atomic mass is 35.5. The third-order valence-electron chi connectivity index (χ3n) is 4.65. The fourth-order valence-electron chi connectivity index (χ4n) is 3.11. The van der Waals surface area contributed by atoms with Crippen LogP contribution in [0.1, 0.15) is 19.2 Å². The molecule has 0 atom stereocenters. The summed E-state index contributed by atoms with van der Waals surface area (Å²) in [5.41, 5.74) is 1.05. The maximum absolute atomic E-state index is 13.1. The van der Waals surface area contributed by atoms with Gasteiger partial charge >= 0.3 is 0 Å². The number of fused-ring (bicyclic) bond motifs is 1. The average Bonchev–Trinajstić information content (AvgIpc) is 3.26. The lowest BCUT2D eigenvalue weighted by molar-refractivity contribution is 0.140. The highest BCUT2D eigenvalue weighted by Gasteiger charge is 2.15. The van der Waals surface area contributed by atoms with E-state index >= 15 is 0 Å². The van der Waals surface area contributed by atoms with Gasteiger partial charge in [-0.2, -0.15) is 4.98 Å². The molecule has 10 heteroatoms. The first-order chi connectivity index (χ1) is 15.5. The van der Waals surface area contributed by atoms with Crippen LogP contribution in [0.5, 0.6) is 0 Å². The fourth-order valence-corrected chi connectivity index (χ4v) is 4.14. The van der Waals surface area contributed by atoms with E-state index in [-0.39, 0.29) is 11.4 Å². The third-order valence-corrected chi connectivity index (χ3v) is 5.85. The number of nitrogens with zero attached hydrogens (tertiary/aromatic N) is 4. The summed E-state index contributed by atoms with van der Waals surface area (Å²) < 4.78 is 25.5. The molecule has 0 N–H and O–H groups in total. The zero-order valence-corrected chi connectivity index (χ0v) is 18.8. The van der Waals surface area contributed by atoms with Crippen molar-refractivity contribution in [3.05, 3.63) is 69.5 Å². The summed E-state index contributed by atoms with van der Waals surface area (Å²) in [6, 6.07) is 10.9. The van der Waals surface area contributed by atoms with E-state index in [4.69, 9.17) is 20.9 Å². The maximum Gasteiger partial charge on any atom is 0.262 e. The van der Waals surface area contributed by atoms with Crippen LogP contribution in [-0.4, -0.2) is 32.9 Å². The standard InChI is InChI=1S/C22H20ClFN4O3S/c1-2-30-11-3-10-28-21(29)17-9-6-15(23)12-18(17)25-22(28)32-13-19-26-20(27-31-19)14-4-7-16(24)8-5-14/h4-9,12H,2-3,10-11,13H2,1H3. The fraction of sp³-hybridized carbons (Fsp3) is 0.273. The summed E-state index contributed by atoms with van der Waals surface area (Å²) >= 11 is 7.42. The van der Waals surface area contributed by atoms with Crippen LogP contribution in [0.4, 0.5) is 4.39 Å². The highest BCUT2D eigenvalue weighted by Crippen LogP contribution is 2.24. The largest absolute Gasteiger partial charge is 0.382 e. The number of halogens is 2. The molecule has 0 fully saturated rings. The Morgan fingerprint density at radius 3 is 2.78 bits per heavy atom. The minimum atomic E-state index is -0.335. The second-order valence-electron chi connectivity index (χ2n) is 6.87. The quantitative estimate of drug-likeness (QED) is 0.192. The minimum absolute atomic E-state index is 0.136. The molecule has 4 aromatic rings. The van der Waals surface area contributed by atoms with Crippen LogP contribution in [0.3, 0.4) is 0 Å². The summed E-state index contributed by atoms with van der Waals surface area (Å²) in [4.78, 5) is 22.1. The van der Waals surface area contributed by atoms with Crippen molar-refractivity contribution in [2.24, 2.45) is 0 Å². The van der Waals surface area contributed by atoms with Crippen molar-refractivity contribution in [1.29, 1.82) is 0 Å². The van der Waals surface area contributed by atoms with Crippen LogP contribution in [0.2, 0.25) is 5.02 Å². The molecule has 0 spiro atoms. The van der Waals surface area contributed by atoms with E-state index in [0.29, 0.717) is 70.3 Å². The number of ether oxygens (including phenoxy) is 1. The molecule has 7 nitrogen and oxygen atoms in total. The monoisotopic (exact) mass is 474 g/mol. The molecule has 0 amide bonds. The first-order valence-electron chi connectivity index (χ1n) is 10.0. The van der Waals surface area contributed by atoms with Gasteiger partial charge in [-0.05, 0) is 55.8 Å². The molecule has 0 bridgehead atoms. The topological polar surface area (TPSA) is 83.0 Å². The van der Waals surface area contributed by atoms with Crippen LogP contribution in [0.15, 0.2) is 56.9 Å². The molecule has 0 unspecified atom stereocenters. The van der Waals surface area contributed by atoms with Gasteiger partial charge in [-0.1, -0.05) is 28.5 Å². The molecule has 0 aliphatic carbocycles. The Balaban J connectivity index is 1.58. The predicted molar refractivity (Wildman–Crippen MR) is 121 cm³/mol. The van der Waals surface area contributed by atoms with Crippen molar-refractivity contribution in [2.45, 2.75) is 30.8 Å². The first-order valence-corrected chi connectivity index (χ1v) is 11.4. The molecular formula is C22H20ClFN4O3S. The van der Waals surface area contributed by atoms with Crippen molar-refractivity contribution in [3.63, 3.8) is 0 Å². The SMILES string of the molecule is CCOCCCn1c(SCc2nc(-c3ccc(F)cc3)no2)nc2cc(Cl)ccc2c1=O. The maximum atomic E-state index is 13.1. The number of hydrogen-bond donors (Lipinski definition) is 0. The molecule has 2 aromatic heterocycles. The predicted octanol–water partition coefficient (Wildman–Crippen LogP) is 4.96. The normalized spacial score (nSPS) is 11.3. The van der Waals surface area contributed by atoms with Gasteiger partial charge in [-0.3, -0.25) is 9.36 Å². The molecule has 166 valence electrons. The van der Waals surface area contributed by atoms with Crippen LogP contribution < -0.4 is 5.56 Å². The number of aromatic nitrogens is 4. The van der Waals surface area contributed by atoms with E-state index in [9.17, 15) is 9.18 Å². The number of benzene rings is 2. The molecule has 0 aliphatic heterocycles. The van der Waals surface area contributed by atoms with Crippen molar-refractivity contribution in [3.8, 4) is 11.4 Å². The zero-order chi connectivity index (χ0) is 22.5. The van der Waals surface area contributed by atoms with Crippen molar-refractivity contribution < 1.29 is 13.7 Å². The minimum Gasteiger partial charge on any atom is -0.382 e. The summed E-state index contributed by atoms with van der Waals surface area (Å²) in [5, 5.41) is 5.50. The van der Waals surface area contributed by atoms with Gasteiger partial charge in [0, 0.05) is 30.3 Å². The van der Waals surface area contributed by atoms with Crippen LogP contribution in [0, 0.1) is 5.82 Å². The lowest BCUT2D eigenvalue weighted by atomic mass is 10.2. The van der Waals surface area contributed by atoms with Crippen molar-refractivity contribution in [2.75, 3.05) is 13.2 Å². The van der Waals surface area contributed by atoms with Crippen molar-refractivity contribution >= 4 is 34.3 Å². The summed E-state index contributed by atoms with van der Waals surface area (Å²) in [6.07, 6.45) is 0.678. The van der Waals surface area contributed by atoms with E-state index in [0.717, 1.165) is 0 Å². The third kappa shape index (κ3) is 5.17. The lowest BCUT2D eigenvalue weighted by Gasteiger charge is -2.12. The molecule has 32 heavy (non-hydrogen) atoms. The van der Waals surface area contributed by atoms with Gasteiger partial charge in [0.1, 0.15) is 5.82 Å². The Morgan fingerprint density at radius 1 is 1.19 bits per heavy atom. The van der Waals surface area contributed by atoms with E-state index in [1.165, 1.54) is 23.9 Å². The van der Waals surface area contributed by atoms with Gasteiger partial charge in [-0.25, -0.2) is 9.37 Å². The Hall–Kier alpha value is -2.75. The molecule has 4 rings (SSSR count). The van der Waals surface area contributed by atoms with Crippen LogP contribution in [-0.2, 0) is 17.0 Å². The van der Waals surface area contributed by atoms with E-state index in [1.807, 2.05) is 6.92 Å². The Kier molecular flexibility index (Phi) is 7.19. The second kappa shape index (κ2) is 10.2. The Labute approximate surface area is 192 Å². The van der Waals surface area contributed by atoms with Crippen molar-refractivity contribution in [1.82, 2.24) is 19.7 Å². The molecular weight excluding hydrogens is 455 g/mol. The summed E-state index contributed by atoms with van der Waals surface area (Å²) in [6.45, 7) is 3.58. The zero-order valence-electron chi connectivity index (χ0n) is 17.3. The van der Waals surface area contributed by atoms with Crippen LogP contribution in [0.25, 0.3) is 22.3 Å². The van der Waals surface area contributed by atoms with Gasteiger partial charge in [0.05, 0.1) is 16.7 Å². The molecule has 2 heterocycles. The van der Waals surface area contributed by atoms with Gasteiger partial charge < -0.3 is 9.26 Å². The summed E-state index contributed by atoms with van der Waals surface area (Å²) in [5.74, 6) is 0.722. The van der Waals surface area contributed by atoms with Gasteiger partial charge in [-0.15, -0.1) is 0 Å². The average molecular weight is 475 g/mol. The Morgan fingerprint density at radius 2 is 2.00 bits per heavy atom. The molecule has 0 aliphatic rings. The van der Waals surface area contributed by atoms with Gasteiger partial charge in [0.2, 0.25) is 11.7 Å². The molecule has 0 saturated heterocycles. The lowest BCUT2D eigenvalue weighted by Crippen LogP contribution is -2.24. The van der Waals surface area contributed by atoms with E-state index < -0.39 is 0 Å². The van der Waals surface area contributed by atoms with Crippen LogP contribution >= 0.6 is 23.4 Å².